The molecule has 0 spiro atoms. The number of ether oxygens (including phenoxy) is 1. The standard InChI is InChI=1S/C17H27FN2O/c1-3-4-5-9-16(20-12-10-19-11-13-20)14-7-6-8-15(18)17(14)21-2/h6-8,16,19H,3-5,9-13H2,1-2H3/t16-/m0/s1. The van der Waals surface area contributed by atoms with Gasteiger partial charge in [0.25, 0.3) is 0 Å². The molecular weight excluding hydrogens is 267 g/mol. The first-order chi connectivity index (χ1) is 10.3. The van der Waals surface area contributed by atoms with E-state index in [0.29, 0.717) is 5.75 Å². The molecule has 4 heteroatoms. The Morgan fingerprint density at radius 1 is 1.29 bits per heavy atom. The van der Waals surface area contributed by atoms with Crippen molar-refractivity contribution in [2.45, 2.75) is 38.6 Å². The zero-order chi connectivity index (χ0) is 15.1. The highest BCUT2D eigenvalue weighted by molar-refractivity contribution is 5.37. The summed E-state index contributed by atoms with van der Waals surface area (Å²) in [6.45, 7) is 6.24. The Bertz CT molecular complexity index is 433. The number of nitrogens with zero attached hydrogens (tertiary/aromatic N) is 1. The predicted molar refractivity (Wildman–Crippen MR) is 84.3 cm³/mol. The molecule has 1 aromatic carbocycles. The summed E-state index contributed by atoms with van der Waals surface area (Å²) in [7, 11) is 1.56. The number of unbranched alkanes of at least 4 members (excludes halogenated alkanes) is 2. The third-order valence-corrected chi connectivity index (χ3v) is 4.23. The van der Waals surface area contributed by atoms with Crippen molar-refractivity contribution >= 4 is 0 Å². The zero-order valence-corrected chi connectivity index (χ0v) is 13.2. The SMILES string of the molecule is CCCCC[C@@H](c1cccc(F)c1OC)N1CCNCC1. The summed E-state index contributed by atoms with van der Waals surface area (Å²) in [5, 5.41) is 3.38. The molecule has 1 aliphatic rings. The van der Waals surface area contributed by atoms with Crippen LogP contribution < -0.4 is 10.1 Å². The van der Waals surface area contributed by atoms with Gasteiger partial charge in [0.05, 0.1) is 7.11 Å². The fourth-order valence-corrected chi connectivity index (χ4v) is 3.12. The van der Waals surface area contributed by atoms with Crippen molar-refractivity contribution in [2.75, 3.05) is 33.3 Å². The molecule has 0 unspecified atom stereocenters. The molecule has 1 fully saturated rings. The molecule has 1 atom stereocenters. The van der Waals surface area contributed by atoms with Gasteiger partial charge in [0.1, 0.15) is 0 Å². The maximum absolute atomic E-state index is 14.0. The van der Waals surface area contributed by atoms with Crippen LogP contribution in [0.5, 0.6) is 5.75 Å². The molecule has 1 heterocycles. The fourth-order valence-electron chi connectivity index (χ4n) is 3.12. The van der Waals surface area contributed by atoms with E-state index in [4.69, 9.17) is 4.74 Å². The number of hydrogen-bond donors (Lipinski definition) is 1. The lowest BCUT2D eigenvalue weighted by atomic mass is 9.97. The first-order valence-electron chi connectivity index (χ1n) is 8.05. The van der Waals surface area contributed by atoms with Gasteiger partial charge in [-0.15, -0.1) is 0 Å². The van der Waals surface area contributed by atoms with Crippen LogP contribution in [0, 0.1) is 5.82 Å². The third-order valence-electron chi connectivity index (χ3n) is 4.23. The Morgan fingerprint density at radius 2 is 2.05 bits per heavy atom. The molecule has 3 nitrogen and oxygen atoms in total. The number of halogens is 1. The van der Waals surface area contributed by atoms with Crippen molar-refractivity contribution in [2.24, 2.45) is 0 Å². The largest absolute Gasteiger partial charge is 0.493 e. The van der Waals surface area contributed by atoms with Gasteiger partial charge in [-0.25, -0.2) is 4.39 Å². The van der Waals surface area contributed by atoms with Crippen LogP contribution in [0.15, 0.2) is 18.2 Å². The molecule has 0 aromatic heterocycles. The van der Waals surface area contributed by atoms with Crippen LogP contribution in [0.4, 0.5) is 4.39 Å². The molecule has 2 rings (SSSR count). The minimum absolute atomic E-state index is 0.254. The Balaban J connectivity index is 2.22. The van der Waals surface area contributed by atoms with Gasteiger partial charge < -0.3 is 10.1 Å². The minimum atomic E-state index is -0.259. The quantitative estimate of drug-likeness (QED) is 0.780. The molecule has 118 valence electrons. The maximum Gasteiger partial charge on any atom is 0.165 e. The van der Waals surface area contributed by atoms with Crippen LogP contribution in [-0.4, -0.2) is 38.2 Å². The lowest BCUT2D eigenvalue weighted by Crippen LogP contribution is -2.45. The zero-order valence-electron chi connectivity index (χ0n) is 13.2. The molecule has 0 aliphatic carbocycles. The average molecular weight is 294 g/mol. The number of rotatable bonds is 7. The van der Waals surface area contributed by atoms with Crippen molar-refractivity contribution in [3.63, 3.8) is 0 Å². The summed E-state index contributed by atoms with van der Waals surface area (Å²) >= 11 is 0. The van der Waals surface area contributed by atoms with E-state index < -0.39 is 0 Å². The molecule has 0 amide bonds. The minimum Gasteiger partial charge on any atom is -0.493 e. The van der Waals surface area contributed by atoms with Gasteiger partial charge in [0.2, 0.25) is 0 Å². The van der Waals surface area contributed by atoms with Gasteiger partial charge in [-0.05, 0) is 12.5 Å². The van der Waals surface area contributed by atoms with Crippen molar-refractivity contribution < 1.29 is 9.13 Å². The number of para-hydroxylation sites is 1. The van der Waals surface area contributed by atoms with E-state index in [9.17, 15) is 4.39 Å². The maximum atomic E-state index is 14.0. The van der Waals surface area contributed by atoms with Crippen LogP contribution in [0.1, 0.15) is 44.2 Å². The van der Waals surface area contributed by atoms with E-state index in [2.05, 4.69) is 17.1 Å². The second-order valence-electron chi connectivity index (χ2n) is 5.66. The van der Waals surface area contributed by atoms with Gasteiger partial charge in [-0.3, -0.25) is 4.90 Å². The number of methoxy groups -OCH3 is 1. The van der Waals surface area contributed by atoms with Crippen LogP contribution in [0.25, 0.3) is 0 Å². The molecule has 1 aliphatic heterocycles. The molecular formula is C17H27FN2O. The Kier molecular flexibility index (Phi) is 6.46. The van der Waals surface area contributed by atoms with Gasteiger partial charge in [0, 0.05) is 37.8 Å². The monoisotopic (exact) mass is 294 g/mol. The van der Waals surface area contributed by atoms with E-state index in [1.54, 1.807) is 13.2 Å². The molecule has 0 bridgehead atoms. The van der Waals surface area contributed by atoms with Gasteiger partial charge in [-0.1, -0.05) is 38.3 Å². The van der Waals surface area contributed by atoms with E-state index in [0.717, 1.165) is 38.2 Å². The smallest absolute Gasteiger partial charge is 0.165 e. The Hall–Kier alpha value is -1.13. The number of hydrogen-bond acceptors (Lipinski definition) is 3. The molecule has 0 saturated carbocycles. The summed E-state index contributed by atoms with van der Waals surface area (Å²) in [5.41, 5.74) is 0.996. The molecule has 21 heavy (non-hydrogen) atoms. The second-order valence-corrected chi connectivity index (χ2v) is 5.66. The Labute approximate surface area is 127 Å². The lowest BCUT2D eigenvalue weighted by Gasteiger charge is -2.36. The fraction of sp³-hybridized carbons (Fsp3) is 0.647. The van der Waals surface area contributed by atoms with E-state index in [1.807, 2.05) is 6.07 Å². The summed E-state index contributed by atoms with van der Waals surface area (Å²) in [6, 6.07) is 5.54. The summed E-state index contributed by atoms with van der Waals surface area (Å²) in [6.07, 6.45) is 4.66. The second kappa shape index (κ2) is 8.35. The summed E-state index contributed by atoms with van der Waals surface area (Å²) < 4.78 is 19.3. The highest BCUT2D eigenvalue weighted by atomic mass is 19.1. The highest BCUT2D eigenvalue weighted by Gasteiger charge is 2.25. The number of piperazine rings is 1. The van der Waals surface area contributed by atoms with Crippen LogP contribution in [0.2, 0.25) is 0 Å². The Morgan fingerprint density at radius 3 is 2.71 bits per heavy atom. The number of benzene rings is 1. The van der Waals surface area contributed by atoms with E-state index >= 15 is 0 Å². The first kappa shape index (κ1) is 16.2. The van der Waals surface area contributed by atoms with Gasteiger partial charge in [-0.2, -0.15) is 0 Å². The van der Waals surface area contributed by atoms with Crippen molar-refractivity contribution in [1.29, 1.82) is 0 Å². The van der Waals surface area contributed by atoms with E-state index in [-0.39, 0.29) is 11.9 Å². The van der Waals surface area contributed by atoms with Crippen LogP contribution in [0.3, 0.4) is 0 Å². The van der Waals surface area contributed by atoms with E-state index in [1.165, 1.54) is 25.3 Å². The molecule has 1 aromatic rings. The summed E-state index contributed by atoms with van der Waals surface area (Å²) in [4.78, 5) is 2.46. The number of nitrogens with one attached hydrogen (secondary N) is 1. The van der Waals surface area contributed by atoms with Crippen LogP contribution >= 0.6 is 0 Å². The van der Waals surface area contributed by atoms with Crippen molar-refractivity contribution in [1.82, 2.24) is 10.2 Å². The molecule has 1 N–H and O–H groups in total. The van der Waals surface area contributed by atoms with Crippen LogP contribution in [-0.2, 0) is 0 Å². The highest BCUT2D eigenvalue weighted by Crippen LogP contribution is 2.35. The van der Waals surface area contributed by atoms with Gasteiger partial charge in [0.15, 0.2) is 11.6 Å². The lowest BCUT2D eigenvalue weighted by molar-refractivity contribution is 0.159. The molecule has 0 radical (unpaired) electrons. The normalized spacial score (nSPS) is 17.7. The topological polar surface area (TPSA) is 24.5 Å². The first-order valence-corrected chi connectivity index (χ1v) is 8.05. The molecule has 1 saturated heterocycles. The average Bonchev–Trinajstić information content (AvgIpc) is 2.52. The van der Waals surface area contributed by atoms with Crippen molar-refractivity contribution in [3.05, 3.63) is 29.6 Å². The van der Waals surface area contributed by atoms with Crippen molar-refractivity contribution in [3.8, 4) is 5.75 Å². The predicted octanol–water partition coefficient (Wildman–Crippen LogP) is 3.36. The summed E-state index contributed by atoms with van der Waals surface area (Å²) in [5.74, 6) is 0.156. The third kappa shape index (κ3) is 4.17. The van der Waals surface area contributed by atoms with Gasteiger partial charge >= 0.3 is 0 Å².